The summed E-state index contributed by atoms with van der Waals surface area (Å²) in [4.78, 5) is 26.9. The van der Waals surface area contributed by atoms with E-state index in [1.165, 1.54) is 0 Å². The van der Waals surface area contributed by atoms with Crippen LogP contribution >= 0.6 is 11.6 Å². The molecular weight excluding hydrogens is 326 g/mol. The van der Waals surface area contributed by atoms with Crippen LogP contribution in [0.4, 0.5) is 0 Å². The first-order chi connectivity index (χ1) is 11.6. The molecule has 1 aliphatic carbocycles. The minimum atomic E-state index is -0.916. The molecule has 4 nitrogen and oxygen atoms in total. The lowest BCUT2D eigenvalue weighted by atomic mass is 9.79. The lowest BCUT2D eigenvalue weighted by Gasteiger charge is -2.41. The van der Waals surface area contributed by atoms with Crippen molar-refractivity contribution >= 4 is 23.5 Å². The molecule has 0 saturated heterocycles. The van der Waals surface area contributed by atoms with Crippen molar-refractivity contribution in [1.82, 2.24) is 4.90 Å². The Labute approximate surface area is 144 Å². The van der Waals surface area contributed by atoms with Gasteiger partial charge in [0, 0.05) is 16.6 Å². The molecule has 2 aromatic carbocycles. The van der Waals surface area contributed by atoms with Crippen LogP contribution in [0.15, 0.2) is 48.5 Å². The van der Waals surface area contributed by atoms with Crippen molar-refractivity contribution in [2.24, 2.45) is 0 Å². The first-order valence-electron chi connectivity index (χ1n) is 7.98. The number of benzene rings is 2. The number of nitrogens with zero attached hydrogens (tertiary/aromatic N) is 1. The van der Waals surface area contributed by atoms with E-state index in [2.05, 4.69) is 0 Å². The zero-order valence-corrected chi connectivity index (χ0v) is 13.6. The van der Waals surface area contributed by atoms with Gasteiger partial charge in [-0.15, -0.1) is 0 Å². The number of aliphatic carboxylic acids is 1. The van der Waals surface area contributed by atoms with Gasteiger partial charge in [-0.1, -0.05) is 41.9 Å². The van der Waals surface area contributed by atoms with E-state index < -0.39 is 17.9 Å². The highest BCUT2D eigenvalue weighted by Gasteiger charge is 2.49. The van der Waals surface area contributed by atoms with Crippen molar-refractivity contribution in [3.8, 4) is 0 Å². The summed E-state index contributed by atoms with van der Waals surface area (Å²) in [6.07, 6.45) is 1.84. The minimum Gasteiger partial charge on any atom is -0.481 e. The van der Waals surface area contributed by atoms with Crippen LogP contribution in [0, 0.1) is 0 Å². The molecule has 122 valence electrons. The van der Waals surface area contributed by atoms with Gasteiger partial charge in [-0.25, -0.2) is 0 Å². The van der Waals surface area contributed by atoms with E-state index in [0.29, 0.717) is 16.1 Å². The van der Waals surface area contributed by atoms with E-state index in [1.54, 1.807) is 41.3 Å². The summed E-state index contributed by atoms with van der Waals surface area (Å²) < 4.78 is 0. The summed E-state index contributed by atoms with van der Waals surface area (Å²) in [5.74, 6) is -1.77. The normalized spacial score (nSPS) is 23.0. The van der Waals surface area contributed by atoms with Gasteiger partial charge in [0.15, 0.2) is 0 Å². The molecule has 0 unspecified atom stereocenters. The smallest absolute Gasteiger partial charge is 0.313 e. The van der Waals surface area contributed by atoms with Crippen molar-refractivity contribution in [2.75, 3.05) is 0 Å². The van der Waals surface area contributed by atoms with Gasteiger partial charge in [-0.05, 0) is 42.2 Å². The van der Waals surface area contributed by atoms with Crippen LogP contribution in [0.3, 0.4) is 0 Å². The zero-order valence-electron chi connectivity index (χ0n) is 12.9. The van der Waals surface area contributed by atoms with Crippen molar-refractivity contribution < 1.29 is 14.7 Å². The van der Waals surface area contributed by atoms with Gasteiger partial charge in [-0.2, -0.15) is 0 Å². The number of hydrogen-bond acceptors (Lipinski definition) is 2. The minimum absolute atomic E-state index is 0.0782. The summed E-state index contributed by atoms with van der Waals surface area (Å²) in [7, 11) is 0. The molecule has 1 aliphatic heterocycles. The Kier molecular flexibility index (Phi) is 3.57. The summed E-state index contributed by atoms with van der Waals surface area (Å²) in [5, 5.41) is 10.5. The predicted molar refractivity (Wildman–Crippen MR) is 90.2 cm³/mol. The van der Waals surface area contributed by atoms with Crippen LogP contribution in [0.5, 0.6) is 0 Å². The maximum absolute atomic E-state index is 13.0. The number of fused-ring (bicyclic) bond motifs is 1. The number of hydrogen-bond donors (Lipinski definition) is 1. The number of carbonyl (C=O) groups is 2. The number of carboxylic acid groups (broad SMARTS) is 1. The van der Waals surface area contributed by atoms with Crippen molar-refractivity contribution in [3.63, 3.8) is 0 Å². The van der Waals surface area contributed by atoms with E-state index in [4.69, 9.17) is 11.6 Å². The third-order valence-electron chi connectivity index (χ3n) is 4.79. The summed E-state index contributed by atoms with van der Waals surface area (Å²) in [6.45, 7) is 0. The average molecular weight is 342 g/mol. The topological polar surface area (TPSA) is 57.6 Å². The molecule has 2 aromatic rings. The molecular formula is C19H16ClNO3. The monoisotopic (exact) mass is 341 g/mol. The molecule has 1 heterocycles. The first kappa shape index (κ1) is 15.2. The van der Waals surface area contributed by atoms with Crippen LogP contribution in [-0.2, 0) is 4.79 Å². The Morgan fingerprint density at radius 1 is 1.08 bits per heavy atom. The van der Waals surface area contributed by atoms with E-state index in [-0.39, 0.29) is 11.9 Å². The van der Waals surface area contributed by atoms with Gasteiger partial charge in [0.2, 0.25) is 0 Å². The van der Waals surface area contributed by atoms with Crippen molar-refractivity contribution in [1.29, 1.82) is 0 Å². The fourth-order valence-electron chi connectivity index (χ4n) is 3.59. The van der Waals surface area contributed by atoms with Crippen LogP contribution < -0.4 is 0 Å². The number of carbonyl (C=O) groups excluding carboxylic acids is 1. The first-order valence-corrected chi connectivity index (χ1v) is 8.35. The van der Waals surface area contributed by atoms with E-state index >= 15 is 0 Å². The van der Waals surface area contributed by atoms with E-state index in [9.17, 15) is 14.7 Å². The molecule has 0 aromatic heterocycles. The van der Waals surface area contributed by atoms with Crippen LogP contribution in [-0.4, -0.2) is 27.9 Å². The van der Waals surface area contributed by atoms with Gasteiger partial charge in [0.1, 0.15) is 5.92 Å². The SMILES string of the molecule is O=C(O)[C@@H]1c2ccccc2C(=O)N(C2CC2)[C@H]1c1ccc(Cl)cc1. The second kappa shape index (κ2) is 5.64. The molecule has 1 saturated carbocycles. The summed E-state index contributed by atoms with van der Waals surface area (Å²) in [6, 6.07) is 13.8. The van der Waals surface area contributed by atoms with E-state index in [1.807, 2.05) is 12.1 Å². The number of amides is 1. The van der Waals surface area contributed by atoms with Crippen LogP contribution in [0.25, 0.3) is 0 Å². The molecule has 0 radical (unpaired) electrons. The predicted octanol–water partition coefficient (Wildman–Crippen LogP) is 3.87. The molecule has 1 fully saturated rings. The Bertz CT molecular complexity index is 814. The van der Waals surface area contributed by atoms with Gasteiger partial charge in [-0.3, -0.25) is 9.59 Å². The highest BCUT2D eigenvalue weighted by molar-refractivity contribution is 6.30. The zero-order chi connectivity index (χ0) is 16.8. The van der Waals surface area contributed by atoms with Crippen molar-refractivity contribution in [2.45, 2.75) is 30.8 Å². The fraction of sp³-hybridized carbons (Fsp3) is 0.263. The highest BCUT2D eigenvalue weighted by atomic mass is 35.5. The molecule has 0 bridgehead atoms. The summed E-state index contributed by atoms with van der Waals surface area (Å²) >= 11 is 5.97. The third-order valence-corrected chi connectivity index (χ3v) is 5.05. The lowest BCUT2D eigenvalue weighted by Crippen LogP contribution is -2.46. The molecule has 5 heteroatoms. The number of rotatable bonds is 3. The quantitative estimate of drug-likeness (QED) is 0.922. The second-order valence-electron chi connectivity index (χ2n) is 6.34. The molecule has 24 heavy (non-hydrogen) atoms. The fourth-order valence-corrected chi connectivity index (χ4v) is 3.71. The Balaban J connectivity index is 1.91. The molecule has 1 amide bonds. The second-order valence-corrected chi connectivity index (χ2v) is 6.78. The van der Waals surface area contributed by atoms with Crippen molar-refractivity contribution in [3.05, 3.63) is 70.2 Å². The average Bonchev–Trinajstić information content (AvgIpc) is 3.40. The Morgan fingerprint density at radius 3 is 2.38 bits per heavy atom. The Morgan fingerprint density at radius 2 is 1.75 bits per heavy atom. The molecule has 2 aliphatic rings. The van der Waals surface area contributed by atoms with Gasteiger partial charge < -0.3 is 10.0 Å². The van der Waals surface area contributed by atoms with Gasteiger partial charge in [0.05, 0.1) is 6.04 Å². The molecule has 4 rings (SSSR count). The maximum atomic E-state index is 13.0. The van der Waals surface area contributed by atoms with E-state index in [0.717, 1.165) is 18.4 Å². The maximum Gasteiger partial charge on any atom is 0.313 e. The number of carboxylic acids is 1. The lowest BCUT2D eigenvalue weighted by molar-refractivity contribution is -0.140. The number of halogens is 1. The van der Waals surface area contributed by atoms with Gasteiger partial charge >= 0.3 is 5.97 Å². The van der Waals surface area contributed by atoms with Gasteiger partial charge in [0.25, 0.3) is 5.91 Å². The third kappa shape index (κ3) is 2.38. The molecule has 1 N–H and O–H groups in total. The summed E-state index contributed by atoms with van der Waals surface area (Å²) in [5.41, 5.74) is 1.90. The highest BCUT2D eigenvalue weighted by Crippen LogP contribution is 2.47. The van der Waals surface area contributed by atoms with Crippen LogP contribution in [0.1, 0.15) is 46.3 Å². The van der Waals surface area contributed by atoms with Crippen LogP contribution in [0.2, 0.25) is 5.02 Å². The standard InChI is InChI=1S/C19H16ClNO3/c20-12-7-5-11(6-8-12)17-16(19(23)24)14-3-1-2-4-15(14)18(22)21(17)13-9-10-13/h1-8,13,16-17H,9-10H2,(H,23,24)/t16-,17+/m1/s1. The molecule has 0 spiro atoms. The molecule has 2 atom stereocenters. The largest absolute Gasteiger partial charge is 0.481 e. The Hall–Kier alpha value is -2.33.